The molecule has 11 aromatic rings. The van der Waals surface area contributed by atoms with Crippen molar-refractivity contribution in [3.63, 3.8) is 0 Å². The van der Waals surface area contributed by atoms with E-state index in [-0.39, 0.29) is 0 Å². The highest BCUT2D eigenvalue weighted by molar-refractivity contribution is 5.91. The van der Waals surface area contributed by atoms with Crippen LogP contribution in [0.2, 0.25) is 0 Å². The number of hydrogen-bond donors (Lipinski definition) is 4. The van der Waals surface area contributed by atoms with Gasteiger partial charge in [0.25, 0.3) is 0 Å². The van der Waals surface area contributed by atoms with Crippen LogP contribution in [-0.2, 0) is 0 Å². The van der Waals surface area contributed by atoms with Gasteiger partial charge in [-0.05, 0) is 108 Å². The summed E-state index contributed by atoms with van der Waals surface area (Å²) in [6.07, 6.45) is 3.97. The van der Waals surface area contributed by atoms with E-state index < -0.39 is 0 Å². The molecular formula is C55H38N6. The lowest BCUT2D eigenvalue weighted by molar-refractivity contribution is 1.18. The van der Waals surface area contributed by atoms with Crippen LogP contribution >= 0.6 is 0 Å². The number of benzene rings is 5. The third-order valence-electron chi connectivity index (χ3n) is 12.0. The van der Waals surface area contributed by atoms with Gasteiger partial charge in [-0.3, -0.25) is 9.97 Å². The maximum absolute atomic E-state index is 4.94. The van der Waals surface area contributed by atoms with Crippen molar-refractivity contribution in [1.29, 1.82) is 0 Å². The van der Waals surface area contributed by atoms with E-state index in [9.17, 15) is 0 Å². The number of aromatic amines is 4. The maximum Gasteiger partial charge on any atom is 0.0702 e. The van der Waals surface area contributed by atoms with E-state index in [4.69, 9.17) is 9.97 Å². The molecule has 0 saturated heterocycles. The predicted octanol–water partition coefficient (Wildman–Crippen LogP) is 8.86. The van der Waals surface area contributed by atoms with Crippen LogP contribution in [0.3, 0.4) is 0 Å². The van der Waals surface area contributed by atoms with Gasteiger partial charge in [0.15, 0.2) is 0 Å². The second-order valence-electron chi connectivity index (χ2n) is 15.9. The van der Waals surface area contributed by atoms with E-state index in [1.807, 2.05) is 24.5 Å². The van der Waals surface area contributed by atoms with Crippen molar-refractivity contribution in [3.8, 4) is 0 Å². The summed E-state index contributed by atoms with van der Waals surface area (Å²) in [5, 5.41) is 8.49. The Morgan fingerprint density at radius 3 is 1.21 bits per heavy atom. The summed E-state index contributed by atoms with van der Waals surface area (Å²) in [5.41, 5.74) is 15.5. The highest BCUT2D eigenvalue weighted by atomic mass is 14.8. The summed E-state index contributed by atoms with van der Waals surface area (Å²) >= 11 is 0. The fraction of sp³-hybridized carbons (Fsp3) is 0.0182. The van der Waals surface area contributed by atoms with Crippen molar-refractivity contribution in [2.45, 2.75) is 6.92 Å². The average molecular weight is 783 g/mol. The highest BCUT2D eigenvalue weighted by Crippen LogP contribution is 2.30. The van der Waals surface area contributed by atoms with Crippen LogP contribution in [0.15, 0.2) is 188 Å². The van der Waals surface area contributed by atoms with Crippen molar-refractivity contribution >= 4 is 54.9 Å². The first-order valence-electron chi connectivity index (χ1n) is 20.6. The maximum atomic E-state index is 4.94. The number of fused-ring (bicyclic) bond motifs is 11. The number of hydrogen-bond acceptors (Lipinski definition) is 2. The number of pyridine rings is 2. The molecular weight excluding hydrogens is 745 g/mol. The zero-order valence-electron chi connectivity index (χ0n) is 33.3. The van der Waals surface area contributed by atoms with Crippen molar-refractivity contribution < 1.29 is 0 Å². The Balaban J connectivity index is 1.21. The fourth-order valence-corrected chi connectivity index (χ4v) is 9.05. The van der Waals surface area contributed by atoms with Crippen LogP contribution in [0.1, 0.15) is 50.6 Å². The van der Waals surface area contributed by atoms with Crippen molar-refractivity contribution in [1.82, 2.24) is 29.9 Å². The Morgan fingerprint density at radius 1 is 0.311 bits per heavy atom. The first-order valence-corrected chi connectivity index (χ1v) is 20.6. The van der Waals surface area contributed by atoms with E-state index >= 15 is 0 Å². The summed E-state index contributed by atoms with van der Waals surface area (Å²) in [5.74, 6) is 0. The lowest BCUT2D eigenvalue weighted by atomic mass is 9.99. The summed E-state index contributed by atoms with van der Waals surface area (Å²) < 4.78 is 0. The normalized spacial score (nSPS) is 12.9. The van der Waals surface area contributed by atoms with Crippen LogP contribution in [0.5, 0.6) is 0 Å². The lowest BCUT2D eigenvalue weighted by Gasteiger charge is -2.11. The number of rotatable bonds is 4. The van der Waals surface area contributed by atoms with Crippen LogP contribution < -0.4 is 21.4 Å². The van der Waals surface area contributed by atoms with Crippen LogP contribution in [0.4, 0.5) is 0 Å². The van der Waals surface area contributed by atoms with E-state index in [1.165, 1.54) is 16.3 Å². The summed E-state index contributed by atoms with van der Waals surface area (Å²) in [6, 6.07) is 62.7. The molecule has 1 aliphatic heterocycles. The Hall–Kier alpha value is -8.22. The second kappa shape index (κ2) is 14.0. The van der Waals surface area contributed by atoms with Gasteiger partial charge in [0, 0.05) is 101 Å². The monoisotopic (exact) mass is 782 g/mol. The molecule has 6 heteroatoms. The van der Waals surface area contributed by atoms with Gasteiger partial charge in [-0.1, -0.05) is 103 Å². The standard InChI is InChI=1S/C55H38N6/c1-33-14-16-35(17-15-33)52-44-20-22-46(58-44)53(39-19-18-34-8-2-3-9-36(34)28-39)47-23-25-49(60-47)55(41-30-38-11-5-7-13-43(38)57-32-41)51-27-26-50(61-51)54(48-24-21-45(52)59-48)40-29-37-10-4-6-12-42(37)56-31-40/h2-32,58-61H,1H3. The van der Waals surface area contributed by atoms with Crippen molar-refractivity contribution in [3.05, 3.63) is 260 Å². The molecule has 7 heterocycles. The highest BCUT2D eigenvalue weighted by Gasteiger charge is 2.19. The third-order valence-corrected chi connectivity index (χ3v) is 12.0. The molecule has 0 spiro atoms. The largest absolute Gasteiger partial charge is 0.354 e. The number of H-pyrrole nitrogens is 4. The minimum absolute atomic E-state index is 0.956. The Bertz CT molecular complexity index is 3780. The van der Waals surface area contributed by atoms with Crippen LogP contribution in [0.25, 0.3) is 54.9 Å². The minimum atomic E-state index is 0.956. The number of para-hydroxylation sites is 2. The topological polar surface area (TPSA) is 88.9 Å². The molecule has 0 aliphatic carbocycles. The van der Waals surface area contributed by atoms with Crippen LogP contribution in [0, 0.1) is 6.92 Å². The zero-order valence-corrected chi connectivity index (χ0v) is 33.3. The molecule has 12 rings (SSSR count). The molecule has 0 atom stereocenters. The quantitative estimate of drug-likeness (QED) is 0.144. The first-order chi connectivity index (χ1) is 30.1. The third kappa shape index (κ3) is 6.04. The molecule has 1 aliphatic rings. The van der Waals surface area contributed by atoms with Crippen molar-refractivity contribution in [2.75, 3.05) is 0 Å². The van der Waals surface area contributed by atoms with Gasteiger partial charge < -0.3 is 19.9 Å². The second-order valence-corrected chi connectivity index (χ2v) is 15.9. The van der Waals surface area contributed by atoms with Gasteiger partial charge in [-0.2, -0.15) is 0 Å². The summed E-state index contributed by atoms with van der Waals surface area (Å²) in [6.45, 7) is 2.13. The van der Waals surface area contributed by atoms with Gasteiger partial charge in [-0.25, -0.2) is 0 Å². The number of nitrogens with one attached hydrogen (secondary N) is 4. The molecule has 288 valence electrons. The van der Waals surface area contributed by atoms with E-state index in [0.717, 1.165) is 111 Å². The smallest absolute Gasteiger partial charge is 0.0702 e. The number of aryl methyl sites for hydroxylation is 1. The molecule has 6 nitrogen and oxygen atoms in total. The van der Waals surface area contributed by atoms with E-state index in [2.05, 4.69) is 191 Å². The minimum Gasteiger partial charge on any atom is -0.354 e. The fourth-order valence-electron chi connectivity index (χ4n) is 9.05. The average Bonchev–Trinajstić information content (AvgIpc) is 4.15. The zero-order chi connectivity index (χ0) is 40.4. The molecule has 8 bridgehead atoms. The molecule has 0 amide bonds. The molecule has 5 aromatic carbocycles. The predicted molar refractivity (Wildman–Crippen MR) is 247 cm³/mol. The van der Waals surface area contributed by atoms with Crippen molar-refractivity contribution in [2.24, 2.45) is 0 Å². The molecule has 6 aromatic heterocycles. The van der Waals surface area contributed by atoms with E-state index in [0.29, 0.717) is 0 Å². The van der Waals surface area contributed by atoms with E-state index in [1.54, 1.807) is 0 Å². The molecule has 0 saturated carbocycles. The summed E-state index contributed by atoms with van der Waals surface area (Å²) in [4.78, 5) is 25.6. The molecule has 4 N–H and O–H groups in total. The van der Waals surface area contributed by atoms with Crippen LogP contribution in [-0.4, -0.2) is 29.9 Å². The lowest BCUT2D eigenvalue weighted by Crippen LogP contribution is -2.19. The number of aromatic nitrogens is 6. The first kappa shape index (κ1) is 34.8. The summed E-state index contributed by atoms with van der Waals surface area (Å²) in [7, 11) is 0. The van der Waals surface area contributed by atoms with Gasteiger partial charge in [0.1, 0.15) is 0 Å². The van der Waals surface area contributed by atoms with Gasteiger partial charge in [0.05, 0.1) is 11.0 Å². The molecule has 0 fully saturated rings. The Kier molecular flexibility index (Phi) is 7.96. The number of nitrogens with zero attached hydrogens (tertiary/aromatic N) is 2. The molecule has 0 unspecified atom stereocenters. The Labute approximate surface area is 350 Å². The van der Waals surface area contributed by atoms with Gasteiger partial charge in [0.2, 0.25) is 0 Å². The van der Waals surface area contributed by atoms with Gasteiger partial charge >= 0.3 is 0 Å². The van der Waals surface area contributed by atoms with Gasteiger partial charge in [-0.15, -0.1) is 0 Å². The Morgan fingerprint density at radius 2 is 0.705 bits per heavy atom. The molecule has 0 radical (unpaired) electrons. The SMILES string of the molecule is Cc1ccc(C2=c3ccc([nH]3)=C(c3cnc4ccccc4c3)c3ccc([nH]3)C(c3cnc4ccccc4c3)=c3ccc([nH]3)=C(c3ccc4ccccc4c3)c3ccc2[nH]3)cc1. The molecule has 61 heavy (non-hydrogen) atoms.